The van der Waals surface area contributed by atoms with Gasteiger partial charge in [0.2, 0.25) is 0 Å². The maximum Gasteiger partial charge on any atom is 0.268 e. The normalized spacial score (nSPS) is 17.8. The Hall–Kier alpha value is -1.81. The minimum absolute atomic E-state index is 0.0912. The molecule has 1 fully saturated rings. The molecule has 22 heavy (non-hydrogen) atoms. The van der Waals surface area contributed by atoms with Crippen LogP contribution < -0.4 is 4.74 Å². The van der Waals surface area contributed by atoms with E-state index in [4.69, 9.17) is 4.74 Å². The van der Waals surface area contributed by atoms with Gasteiger partial charge in [0.05, 0.1) is 13.2 Å². The van der Waals surface area contributed by atoms with Gasteiger partial charge in [-0.25, -0.2) is 0 Å². The van der Waals surface area contributed by atoms with Crippen molar-refractivity contribution in [2.45, 2.75) is 32.7 Å². The van der Waals surface area contributed by atoms with E-state index >= 15 is 0 Å². The number of methoxy groups -OCH3 is 1. The fourth-order valence-electron chi connectivity index (χ4n) is 3.30. The Balaban J connectivity index is 1.91. The molecule has 1 aromatic heterocycles. The van der Waals surface area contributed by atoms with Crippen LogP contribution in [0.3, 0.4) is 0 Å². The number of carbonyl (C=O) groups excluding carboxylic acids is 1. The molecule has 1 amide bonds. The highest BCUT2D eigenvalue weighted by Crippen LogP contribution is 2.36. The van der Waals surface area contributed by atoms with Crippen molar-refractivity contribution in [3.05, 3.63) is 51.2 Å². The van der Waals surface area contributed by atoms with Gasteiger partial charge in [-0.2, -0.15) is 0 Å². The molecule has 4 heteroatoms. The lowest BCUT2D eigenvalue weighted by atomic mass is 9.99. The molecule has 0 saturated carbocycles. The molecule has 1 aromatic carbocycles. The van der Waals surface area contributed by atoms with E-state index in [0.717, 1.165) is 19.4 Å². The smallest absolute Gasteiger partial charge is 0.268 e. The van der Waals surface area contributed by atoms with Crippen LogP contribution in [0.4, 0.5) is 0 Å². The third kappa shape index (κ3) is 2.75. The van der Waals surface area contributed by atoms with E-state index in [2.05, 4.69) is 32.0 Å². The Morgan fingerprint density at radius 2 is 2.00 bits per heavy atom. The predicted molar refractivity (Wildman–Crippen MR) is 89.8 cm³/mol. The predicted octanol–water partition coefficient (Wildman–Crippen LogP) is 4.35. The second-order valence-electron chi connectivity index (χ2n) is 5.90. The summed E-state index contributed by atoms with van der Waals surface area (Å²) in [6, 6.07) is 8.62. The number of aryl methyl sites for hydroxylation is 2. The molecule has 2 aromatic rings. The Labute approximate surface area is 135 Å². The zero-order chi connectivity index (χ0) is 15.7. The first-order valence-electron chi connectivity index (χ1n) is 7.61. The first-order valence-corrected chi connectivity index (χ1v) is 8.48. The van der Waals surface area contributed by atoms with Gasteiger partial charge < -0.3 is 9.64 Å². The van der Waals surface area contributed by atoms with Crippen LogP contribution >= 0.6 is 11.3 Å². The van der Waals surface area contributed by atoms with E-state index in [-0.39, 0.29) is 11.9 Å². The lowest BCUT2D eigenvalue weighted by Gasteiger charge is -2.25. The molecule has 3 rings (SSSR count). The maximum absolute atomic E-state index is 12.9. The summed E-state index contributed by atoms with van der Waals surface area (Å²) < 4.78 is 5.31. The minimum Gasteiger partial charge on any atom is -0.495 e. The molecule has 0 spiro atoms. The number of likely N-dealkylation sites (tertiary alicyclic amines) is 1. The number of rotatable bonds is 3. The van der Waals surface area contributed by atoms with Gasteiger partial charge in [0.25, 0.3) is 5.91 Å². The van der Waals surface area contributed by atoms with Crippen LogP contribution in [-0.2, 0) is 0 Å². The molecule has 116 valence electrons. The monoisotopic (exact) mass is 315 g/mol. The second kappa shape index (κ2) is 6.13. The molecule has 1 aliphatic rings. The van der Waals surface area contributed by atoms with Crippen molar-refractivity contribution >= 4 is 17.2 Å². The molecular weight excluding hydrogens is 294 g/mol. The molecule has 1 atom stereocenters. The number of hydrogen-bond acceptors (Lipinski definition) is 3. The number of benzene rings is 1. The van der Waals surface area contributed by atoms with Gasteiger partial charge in [0.15, 0.2) is 0 Å². The number of hydrogen-bond donors (Lipinski definition) is 0. The van der Waals surface area contributed by atoms with Gasteiger partial charge in [0, 0.05) is 6.54 Å². The summed E-state index contributed by atoms with van der Waals surface area (Å²) in [6.07, 6.45) is 2.08. The van der Waals surface area contributed by atoms with E-state index in [1.807, 2.05) is 16.3 Å². The van der Waals surface area contributed by atoms with Crippen LogP contribution in [0, 0.1) is 13.8 Å². The highest BCUT2D eigenvalue weighted by Gasteiger charge is 2.32. The number of nitrogens with zero attached hydrogens (tertiary/aromatic N) is 1. The molecule has 0 radical (unpaired) electrons. The fourth-order valence-corrected chi connectivity index (χ4v) is 4.12. The summed E-state index contributed by atoms with van der Waals surface area (Å²) in [5.74, 6) is 0.773. The van der Waals surface area contributed by atoms with E-state index in [1.54, 1.807) is 7.11 Å². The summed E-state index contributed by atoms with van der Waals surface area (Å²) in [4.78, 5) is 15.6. The molecule has 2 heterocycles. The fraction of sp³-hybridized carbons (Fsp3) is 0.389. The quantitative estimate of drug-likeness (QED) is 0.842. The van der Waals surface area contributed by atoms with Crippen molar-refractivity contribution in [1.29, 1.82) is 0 Å². The molecule has 0 bridgehead atoms. The van der Waals surface area contributed by atoms with Crippen molar-refractivity contribution in [3.8, 4) is 5.75 Å². The van der Waals surface area contributed by atoms with Crippen molar-refractivity contribution in [3.63, 3.8) is 0 Å². The molecule has 0 N–H and O–H groups in total. The zero-order valence-corrected chi connectivity index (χ0v) is 14.1. The number of amides is 1. The first-order chi connectivity index (χ1) is 10.6. The average Bonchev–Trinajstić information content (AvgIpc) is 3.14. The molecule has 1 aliphatic heterocycles. The highest BCUT2D eigenvalue weighted by atomic mass is 32.1. The SMILES string of the molecule is COc1ccsc1C(=O)N1CCCC1c1cc(C)cc(C)c1. The van der Waals surface area contributed by atoms with Gasteiger partial charge in [-0.05, 0) is 43.7 Å². The number of ether oxygens (including phenoxy) is 1. The van der Waals surface area contributed by atoms with Crippen molar-refractivity contribution in [2.24, 2.45) is 0 Å². The van der Waals surface area contributed by atoms with E-state index in [1.165, 1.54) is 28.0 Å². The Bertz CT molecular complexity index is 672. The summed E-state index contributed by atoms with van der Waals surface area (Å²) in [5.41, 5.74) is 3.75. The Kier molecular flexibility index (Phi) is 4.21. The largest absolute Gasteiger partial charge is 0.495 e. The van der Waals surface area contributed by atoms with Crippen LogP contribution in [0.2, 0.25) is 0 Å². The molecule has 0 aliphatic carbocycles. The van der Waals surface area contributed by atoms with Crippen molar-refractivity contribution < 1.29 is 9.53 Å². The van der Waals surface area contributed by atoms with Gasteiger partial charge in [-0.3, -0.25) is 4.79 Å². The number of thiophene rings is 1. The van der Waals surface area contributed by atoms with Gasteiger partial charge >= 0.3 is 0 Å². The van der Waals surface area contributed by atoms with E-state index < -0.39 is 0 Å². The average molecular weight is 315 g/mol. The first kappa shape index (κ1) is 15.1. The van der Waals surface area contributed by atoms with Crippen molar-refractivity contribution in [1.82, 2.24) is 4.90 Å². The molecule has 1 saturated heterocycles. The van der Waals surface area contributed by atoms with Crippen LogP contribution in [-0.4, -0.2) is 24.5 Å². The topological polar surface area (TPSA) is 29.5 Å². The lowest BCUT2D eigenvalue weighted by molar-refractivity contribution is 0.0737. The number of carbonyl (C=O) groups is 1. The second-order valence-corrected chi connectivity index (χ2v) is 6.81. The summed E-state index contributed by atoms with van der Waals surface area (Å²) >= 11 is 1.46. The maximum atomic E-state index is 12.9. The lowest BCUT2D eigenvalue weighted by Crippen LogP contribution is -2.30. The standard InChI is InChI=1S/C18H21NO2S/c1-12-9-13(2)11-14(10-12)15-5-4-7-19(15)18(20)17-16(21-3)6-8-22-17/h6,8-11,15H,4-5,7H2,1-3H3. The van der Waals surface area contributed by atoms with Crippen LogP contribution in [0.5, 0.6) is 5.75 Å². The van der Waals surface area contributed by atoms with Gasteiger partial charge in [-0.1, -0.05) is 29.3 Å². The van der Waals surface area contributed by atoms with Crippen LogP contribution in [0.1, 0.15) is 45.2 Å². The van der Waals surface area contributed by atoms with Crippen molar-refractivity contribution in [2.75, 3.05) is 13.7 Å². The van der Waals surface area contributed by atoms with E-state index in [0.29, 0.717) is 10.6 Å². The zero-order valence-electron chi connectivity index (χ0n) is 13.3. The summed E-state index contributed by atoms with van der Waals surface area (Å²) in [5, 5.41) is 1.91. The molecule has 1 unspecified atom stereocenters. The Morgan fingerprint density at radius 1 is 1.27 bits per heavy atom. The Morgan fingerprint density at radius 3 is 2.68 bits per heavy atom. The van der Waals surface area contributed by atoms with Crippen LogP contribution in [0.15, 0.2) is 29.6 Å². The summed E-state index contributed by atoms with van der Waals surface area (Å²) in [7, 11) is 1.62. The molecule has 3 nitrogen and oxygen atoms in total. The van der Waals surface area contributed by atoms with Gasteiger partial charge in [0.1, 0.15) is 10.6 Å². The minimum atomic E-state index is 0.0912. The highest BCUT2D eigenvalue weighted by molar-refractivity contribution is 7.12. The molecular formula is C18H21NO2S. The summed E-state index contributed by atoms with van der Waals surface area (Å²) in [6.45, 7) is 5.04. The van der Waals surface area contributed by atoms with E-state index in [9.17, 15) is 4.79 Å². The van der Waals surface area contributed by atoms with Gasteiger partial charge in [-0.15, -0.1) is 11.3 Å². The third-order valence-electron chi connectivity index (χ3n) is 4.19. The van der Waals surface area contributed by atoms with Crippen LogP contribution in [0.25, 0.3) is 0 Å². The third-order valence-corrected chi connectivity index (χ3v) is 5.07.